The lowest BCUT2D eigenvalue weighted by Gasteiger charge is -2.41. The van der Waals surface area contributed by atoms with Crippen LogP contribution in [0.5, 0.6) is 0 Å². The van der Waals surface area contributed by atoms with E-state index in [1.807, 2.05) is 0 Å². The zero-order valence-electron chi connectivity index (χ0n) is 24.8. The van der Waals surface area contributed by atoms with Gasteiger partial charge in [-0.05, 0) is 12.1 Å². The van der Waals surface area contributed by atoms with E-state index in [2.05, 4.69) is 0 Å². The van der Waals surface area contributed by atoms with E-state index in [1.54, 1.807) is 0 Å². The Bertz CT molecular complexity index is 1430. The zero-order valence-corrected chi connectivity index (χ0v) is 24.8. The molecule has 0 heterocycles. The van der Waals surface area contributed by atoms with E-state index < -0.39 is 130 Å². The van der Waals surface area contributed by atoms with Gasteiger partial charge >= 0.3 is 95.8 Å². The number of hydrogen-bond donors (Lipinski definition) is 0. The second-order valence-electron chi connectivity index (χ2n) is 10.8. The van der Waals surface area contributed by atoms with Gasteiger partial charge < -0.3 is 0 Å². The fourth-order valence-corrected chi connectivity index (χ4v) is 3.82. The highest BCUT2D eigenvalue weighted by atomic mass is 19.5. The van der Waals surface area contributed by atoms with Gasteiger partial charge in [-0.25, -0.2) is 0 Å². The van der Waals surface area contributed by atoms with Crippen LogP contribution in [0.1, 0.15) is 22.3 Å². The second kappa shape index (κ2) is 13.1. The lowest BCUT2D eigenvalue weighted by molar-refractivity contribution is -0.406. The largest absolute Gasteiger partial charge is 0.460 e. The molecule has 0 spiro atoms. The summed E-state index contributed by atoms with van der Waals surface area (Å²) in [6.07, 6.45) is -33.9. The molecule has 0 aliphatic rings. The van der Waals surface area contributed by atoms with Crippen molar-refractivity contribution in [2.75, 3.05) is 0 Å². The van der Waals surface area contributed by atoms with Crippen LogP contribution in [-0.4, -0.2) is 72.1 Å². The Morgan fingerprint density at radius 2 is 0.276 bits per heavy atom. The van der Waals surface area contributed by atoms with Crippen molar-refractivity contribution in [3.8, 4) is 0 Å². The number of halogens is 36. The van der Waals surface area contributed by atoms with Crippen LogP contribution in [-0.2, 0) is 23.7 Å². The molecule has 0 amide bonds. The lowest BCUT2D eigenvalue weighted by atomic mass is 9.79. The third-order valence-corrected chi connectivity index (χ3v) is 7.09. The maximum Gasteiger partial charge on any atom is 0.460 e. The Hall–Kier alpha value is -3.30. The van der Waals surface area contributed by atoms with Crippen LogP contribution >= 0.6 is 0 Å². The van der Waals surface area contributed by atoms with Crippen molar-refractivity contribution in [2.24, 2.45) is 0 Å². The van der Waals surface area contributed by atoms with Crippen LogP contribution in [0.15, 0.2) is 12.1 Å². The standard InChI is InChI=1S/C22H2F36/c23-7(24,11(31,32)15(39,40)19(47,48)49)3-1-4(8(25,26)12(33,34)16(41,42)20(50,51)52)6(10(29,30)14(37,38)18(45,46)22(56,57)58)2-5(3)9(27,28)13(35,36)17(43,44)21(53,54)55/h1-2H. The molecule has 0 unspecified atom stereocenters. The molecule has 0 atom stereocenters. The minimum atomic E-state index is -9.22. The molecular formula is C22H2F36. The predicted molar refractivity (Wildman–Crippen MR) is 106 cm³/mol. The molecule has 0 radical (unpaired) electrons. The normalized spacial score (nSPS) is 16.6. The Balaban J connectivity index is 5.28. The van der Waals surface area contributed by atoms with E-state index in [0.717, 1.165) is 0 Å². The molecule has 0 saturated carbocycles. The van der Waals surface area contributed by atoms with E-state index in [4.69, 9.17) is 0 Å². The van der Waals surface area contributed by atoms with Crippen molar-refractivity contribution in [3.05, 3.63) is 34.4 Å². The van der Waals surface area contributed by atoms with Crippen LogP contribution in [0.3, 0.4) is 0 Å². The van der Waals surface area contributed by atoms with Crippen molar-refractivity contribution < 1.29 is 158 Å². The van der Waals surface area contributed by atoms with Gasteiger partial charge in [-0.3, -0.25) is 0 Å². The van der Waals surface area contributed by atoms with Crippen molar-refractivity contribution in [1.29, 1.82) is 0 Å². The molecule has 36 heteroatoms. The summed E-state index contributed by atoms with van der Waals surface area (Å²) >= 11 is 0. The van der Waals surface area contributed by atoms with Crippen LogP contribution < -0.4 is 0 Å². The molecule has 0 bridgehead atoms. The van der Waals surface area contributed by atoms with Gasteiger partial charge in [0.15, 0.2) is 0 Å². The first kappa shape index (κ1) is 52.7. The minimum absolute atomic E-state index is 3.71. The number of hydrogen-bond acceptors (Lipinski definition) is 0. The predicted octanol–water partition coefficient (Wildman–Crippen LogP) is 13.4. The lowest BCUT2D eigenvalue weighted by Crippen LogP contribution is -2.63. The third kappa shape index (κ3) is 6.73. The highest BCUT2D eigenvalue weighted by Crippen LogP contribution is 2.66. The molecule has 0 N–H and O–H groups in total. The molecule has 0 fully saturated rings. The highest BCUT2D eigenvalue weighted by molar-refractivity contribution is 5.50. The van der Waals surface area contributed by atoms with Gasteiger partial charge in [0.25, 0.3) is 0 Å². The van der Waals surface area contributed by atoms with Gasteiger partial charge in [-0.1, -0.05) is 0 Å². The quantitative estimate of drug-likeness (QED) is 0.183. The Kier molecular flexibility index (Phi) is 11.9. The Morgan fingerprint density at radius 3 is 0.362 bits per heavy atom. The van der Waals surface area contributed by atoms with Crippen LogP contribution in [0.25, 0.3) is 0 Å². The molecule has 1 rings (SSSR count). The van der Waals surface area contributed by atoms with E-state index >= 15 is 0 Å². The van der Waals surface area contributed by atoms with Gasteiger partial charge in [-0.15, -0.1) is 0 Å². The van der Waals surface area contributed by atoms with Crippen LogP contribution in [0.4, 0.5) is 158 Å². The summed E-state index contributed by atoms with van der Waals surface area (Å²) in [6.45, 7) is 0. The van der Waals surface area contributed by atoms with Gasteiger partial charge in [0.2, 0.25) is 0 Å². The molecule has 0 nitrogen and oxygen atoms in total. The van der Waals surface area contributed by atoms with Crippen molar-refractivity contribution >= 4 is 0 Å². The Morgan fingerprint density at radius 1 is 0.172 bits per heavy atom. The highest BCUT2D eigenvalue weighted by Gasteiger charge is 2.88. The van der Waals surface area contributed by atoms with E-state index in [0.29, 0.717) is 0 Å². The molecule has 0 aromatic heterocycles. The second-order valence-corrected chi connectivity index (χ2v) is 10.8. The molecule has 0 aliphatic carbocycles. The van der Waals surface area contributed by atoms with Gasteiger partial charge in [0.05, 0.1) is 0 Å². The van der Waals surface area contributed by atoms with E-state index in [9.17, 15) is 158 Å². The monoisotopic (exact) mass is 950 g/mol. The Labute approximate surface area is 289 Å². The first-order chi connectivity index (χ1) is 24.5. The fraction of sp³-hybridized carbons (Fsp3) is 0.727. The van der Waals surface area contributed by atoms with Crippen molar-refractivity contribution in [3.63, 3.8) is 0 Å². The summed E-state index contributed by atoms with van der Waals surface area (Å²) in [6, 6.07) is -7.42. The van der Waals surface area contributed by atoms with Crippen molar-refractivity contribution in [2.45, 2.75) is 95.8 Å². The summed E-state index contributed by atoms with van der Waals surface area (Å²) in [5.74, 6) is -109. The molecule has 1 aromatic rings. The fourth-order valence-electron chi connectivity index (χ4n) is 3.82. The number of rotatable bonds is 12. The van der Waals surface area contributed by atoms with E-state index in [-0.39, 0.29) is 0 Å². The molecule has 0 saturated heterocycles. The summed E-state index contributed by atoms with van der Waals surface area (Å²) in [7, 11) is 0. The summed E-state index contributed by atoms with van der Waals surface area (Å²) < 4.78 is 492. The molecule has 0 aliphatic heterocycles. The maximum atomic E-state index is 14.9. The third-order valence-electron chi connectivity index (χ3n) is 7.09. The average Bonchev–Trinajstić information content (AvgIpc) is 2.97. The van der Waals surface area contributed by atoms with Crippen LogP contribution in [0, 0.1) is 0 Å². The van der Waals surface area contributed by atoms with Gasteiger partial charge in [-0.2, -0.15) is 158 Å². The van der Waals surface area contributed by atoms with Crippen LogP contribution in [0.2, 0.25) is 0 Å². The first-order valence-corrected chi connectivity index (χ1v) is 12.5. The van der Waals surface area contributed by atoms with E-state index in [1.165, 1.54) is 0 Å². The smallest absolute Gasteiger partial charge is 0.194 e. The zero-order chi connectivity index (χ0) is 47.7. The SMILES string of the molecule is FC(F)(F)C(F)(F)C(F)(F)C(F)(F)c1cc(C(F)(F)C(F)(F)C(F)(F)C(F)(F)F)c(C(F)(F)C(F)(F)C(F)(F)C(F)(F)F)cc1C(F)(F)C(F)(F)C(F)(F)C(F)(F)F. The maximum absolute atomic E-state index is 14.9. The number of benzene rings is 1. The molecule has 342 valence electrons. The van der Waals surface area contributed by atoms with Gasteiger partial charge in [0, 0.05) is 22.3 Å². The topological polar surface area (TPSA) is 0 Å². The summed E-state index contributed by atoms with van der Waals surface area (Å²) in [4.78, 5) is 0. The molecule has 58 heavy (non-hydrogen) atoms. The minimum Gasteiger partial charge on any atom is -0.194 e. The van der Waals surface area contributed by atoms with Gasteiger partial charge in [0.1, 0.15) is 0 Å². The molecular weight excluding hydrogens is 948 g/mol. The molecule has 1 aromatic carbocycles. The van der Waals surface area contributed by atoms with Crippen molar-refractivity contribution in [1.82, 2.24) is 0 Å². The first-order valence-electron chi connectivity index (χ1n) is 12.5. The average molecular weight is 950 g/mol. The number of alkyl halides is 36. The summed E-state index contributed by atoms with van der Waals surface area (Å²) in [5.41, 5.74) is -23.1. The summed E-state index contributed by atoms with van der Waals surface area (Å²) in [5, 5.41) is 0.